The predicted octanol–water partition coefficient (Wildman–Crippen LogP) is 3.34. The van der Waals surface area contributed by atoms with Crippen molar-refractivity contribution in [3.8, 4) is 6.07 Å². The smallest absolute Gasteiger partial charge is 0.225 e. The van der Waals surface area contributed by atoms with E-state index < -0.39 is 0 Å². The van der Waals surface area contributed by atoms with Gasteiger partial charge in [0.15, 0.2) is 5.78 Å². The summed E-state index contributed by atoms with van der Waals surface area (Å²) in [7, 11) is 3.67. The van der Waals surface area contributed by atoms with Gasteiger partial charge >= 0.3 is 0 Å². The maximum Gasteiger partial charge on any atom is 0.225 e. The molecular formula is C27H35N5O3. The lowest BCUT2D eigenvalue weighted by Gasteiger charge is -2.33. The molecule has 0 radical (unpaired) electrons. The lowest BCUT2D eigenvalue weighted by molar-refractivity contribution is -0.137. The predicted molar refractivity (Wildman–Crippen MR) is 134 cm³/mol. The molecule has 0 bridgehead atoms. The molecule has 2 aliphatic heterocycles. The topological polar surface area (TPSA) is 96.7 Å². The molecule has 2 heterocycles. The van der Waals surface area contributed by atoms with Crippen LogP contribution in [0.2, 0.25) is 0 Å². The number of carbonyl (C=O) groups excluding carboxylic acids is 3. The van der Waals surface area contributed by atoms with Gasteiger partial charge in [-0.3, -0.25) is 14.4 Å². The standard InChI is InChI=1S/C27H35N5O3/c1-30-22-12-6-7-13-23(22)31(2)27(30)21(17-28)24(33)14-15-25(34)32-16-8-9-19(18-32)26(35)29-20-10-4-3-5-11-20/h6-7,12-13,19-20H,3-5,8-11,14-16,18H2,1-2H3,(H,29,35). The van der Waals surface area contributed by atoms with Crippen molar-refractivity contribution >= 4 is 29.0 Å². The Morgan fingerprint density at radius 1 is 0.971 bits per heavy atom. The molecule has 0 aromatic heterocycles. The van der Waals surface area contributed by atoms with Gasteiger partial charge in [0, 0.05) is 46.1 Å². The molecule has 8 heteroatoms. The number of para-hydroxylation sites is 2. The van der Waals surface area contributed by atoms with Crippen molar-refractivity contribution in [3.05, 3.63) is 35.7 Å². The van der Waals surface area contributed by atoms with E-state index in [9.17, 15) is 19.6 Å². The third kappa shape index (κ3) is 5.34. The van der Waals surface area contributed by atoms with Gasteiger partial charge in [0.1, 0.15) is 17.5 Å². The second-order valence-electron chi connectivity index (χ2n) is 9.86. The number of rotatable bonds is 6. The summed E-state index contributed by atoms with van der Waals surface area (Å²) in [5.41, 5.74) is 1.90. The highest BCUT2D eigenvalue weighted by Gasteiger charge is 2.33. The minimum absolute atomic E-state index is 0.0291. The Kier molecular flexibility index (Phi) is 7.74. The summed E-state index contributed by atoms with van der Waals surface area (Å²) in [5, 5.41) is 13.0. The number of nitrogens with zero attached hydrogens (tertiary/aromatic N) is 4. The summed E-state index contributed by atoms with van der Waals surface area (Å²) in [6.45, 7) is 1.01. The van der Waals surface area contributed by atoms with Gasteiger partial charge in [0.2, 0.25) is 11.8 Å². The summed E-state index contributed by atoms with van der Waals surface area (Å²) in [6, 6.07) is 10.1. The van der Waals surface area contributed by atoms with E-state index in [0.717, 1.165) is 49.9 Å². The van der Waals surface area contributed by atoms with E-state index in [1.54, 1.807) is 4.90 Å². The van der Waals surface area contributed by atoms with Crippen LogP contribution in [0.1, 0.15) is 57.8 Å². The molecule has 0 spiro atoms. The van der Waals surface area contributed by atoms with Crippen molar-refractivity contribution in [2.24, 2.45) is 5.92 Å². The highest BCUT2D eigenvalue weighted by Crippen LogP contribution is 2.40. The molecule has 1 unspecified atom stereocenters. The number of allylic oxidation sites excluding steroid dienone is 1. The number of nitrogens with one attached hydrogen (secondary N) is 1. The average Bonchev–Trinajstić information content (AvgIpc) is 3.14. The highest BCUT2D eigenvalue weighted by atomic mass is 16.2. The van der Waals surface area contributed by atoms with Crippen molar-refractivity contribution in [1.29, 1.82) is 5.26 Å². The lowest BCUT2D eigenvalue weighted by atomic mass is 9.93. The van der Waals surface area contributed by atoms with Crippen molar-refractivity contribution in [2.45, 2.75) is 63.8 Å². The summed E-state index contributed by atoms with van der Waals surface area (Å²) < 4.78 is 0. The highest BCUT2D eigenvalue weighted by molar-refractivity contribution is 6.03. The number of hydrogen-bond acceptors (Lipinski definition) is 6. The third-order valence-corrected chi connectivity index (χ3v) is 7.52. The molecule has 1 atom stereocenters. The first-order valence-corrected chi connectivity index (χ1v) is 12.7. The van der Waals surface area contributed by atoms with Crippen LogP contribution in [0.15, 0.2) is 35.7 Å². The Morgan fingerprint density at radius 2 is 1.63 bits per heavy atom. The minimum atomic E-state index is -0.342. The van der Waals surface area contributed by atoms with Gasteiger partial charge in [0.25, 0.3) is 0 Å². The maximum atomic E-state index is 13.0. The lowest BCUT2D eigenvalue weighted by Crippen LogP contribution is -2.48. The molecular weight excluding hydrogens is 442 g/mol. The number of Topliss-reactive ketones (excluding diaryl/α,β-unsaturated/α-hetero) is 1. The van der Waals surface area contributed by atoms with Gasteiger partial charge in [-0.2, -0.15) is 5.26 Å². The maximum absolute atomic E-state index is 13.0. The van der Waals surface area contributed by atoms with Crippen LogP contribution in [-0.4, -0.2) is 55.7 Å². The second kappa shape index (κ2) is 10.9. The van der Waals surface area contributed by atoms with Crippen LogP contribution in [0.5, 0.6) is 0 Å². The Bertz CT molecular complexity index is 1020. The molecule has 35 heavy (non-hydrogen) atoms. The first kappa shape index (κ1) is 24.8. The molecule has 8 nitrogen and oxygen atoms in total. The zero-order valence-corrected chi connectivity index (χ0v) is 20.8. The van der Waals surface area contributed by atoms with Gasteiger partial charge < -0.3 is 20.0 Å². The molecule has 1 saturated carbocycles. The molecule has 1 aromatic rings. The summed E-state index contributed by atoms with van der Waals surface area (Å²) in [6.07, 6.45) is 7.20. The van der Waals surface area contributed by atoms with E-state index in [-0.39, 0.29) is 48.0 Å². The van der Waals surface area contributed by atoms with E-state index in [1.165, 1.54) is 6.42 Å². The van der Waals surface area contributed by atoms with E-state index in [0.29, 0.717) is 18.9 Å². The van der Waals surface area contributed by atoms with Gasteiger partial charge in [-0.15, -0.1) is 0 Å². The number of carbonyl (C=O) groups is 3. The van der Waals surface area contributed by atoms with Crippen LogP contribution in [-0.2, 0) is 14.4 Å². The van der Waals surface area contributed by atoms with Crippen LogP contribution in [0.3, 0.4) is 0 Å². The van der Waals surface area contributed by atoms with Crippen LogP contribution >= 0.6 is 0 Å². The van der Waals surface area contributed by atoms with E-state index >= 15 is 0 Å². The fraction of sp³-hybridized carbons (Fsp3) is 0.556. The number of nitriles is 1. The van der Waals surface area contributed by atoms with Crippen molar-refractivity contribution in [3.63, 3.8) is 0 Å². The number of ketones is 1. The number of benzene rings is 1. The number of likely N-dealkylation sites (tertiary alicyclic amines) is 1. The average molecular weight is 478 g/mol. The van der Waals surface area contributed by atoms with Crippen molar-refractivity contribution < 1.29 is 14.4 Å². The normalized spacial score (nSPS) is 20.3. The van der Waals surface area contributed by atoms with E-state index in [1.807, 2.05) is 48.2 Å². The molecule has 1 N–H and O–H groups in total. The summed E-state index contributed by atoms with van der Waals surface area (Å²) in [4.78, 5) is 44.1. The molecule has 1 aliphatic carbocycles. The first-order valence-electron chi connectivity index (χ1n) is 12.7. The van der Waals surface area contributed by atoms with E-state index in [4.69, 9.17) is 0 Å². The van der Waals surface area contributed by atoms with Gasteiger partial charge in [-0.05, 0) is 37.8 Å². The summed E-state index contributed by atoms with van der Waals surface area (Å²) in [5.74, 6) is -0.0861. The van der Waals surface area contributed by atoms with Crippen molar-refractivity contribution in [1.82, 2.24) is 10.2 Å². The van der Waals surface area contributed by atoms with Gasteiger partial charge in [-0.25, -0.2) is 0 Å². The molecule has 3 aliphatic rings. The molecule has 2 amide bonds. The number of amides is 2. The fourth-order valence-corrected chi connectivity index (χ4v) is 5.54. The molecule has 1 aromatic carbocycles. The number of anilines is 2. The molecule has 2 fully saturated rings. The zero-order valence-electron chi connectivity index (χ0n) is 20.8. The molecule has 4 rings (SSSR count). The quantitative estimate of drug-likeness (QED) is 0.499. The monoisotopic (exact) mass is 477 g/mol. The first-order chi connectivity index (χ1) is 16.9. The Hall–Kier alpha value is -3.34. The number of piperidine rings is 1. The number of fused-ring (bicyclic) bond motifs is 1. The molecule has 186 valence electrons. The van der Waals surface area contributed by atoms with Crippen LogP contribution < -0.4 is 15.1 Å². The minimum Gasteiger partial charge on any atom is -0.353 e. The summed E-state index contributed by atoms with van der Waals surface area (Å²) >= 11 is 0. The Labute approximate surface area is 207 Å². The third-order valence-electron chi connectivity index (χ3n) is 7.52. The van der Waals surface area contributed by atoms with Crippen LogP contribution in [0.4, 0.5) is 11.4 Å². The second-order valence-corrected chi connectivity index (χ2v) is 9.86. The van der Waals surface area contributed by atoms with Crippen LogP contribution in [0.25, 0.3) is 0 Å². The van der Waals surface area contributed by atoms with Gasteiger partial charge in [-0.1, -0.05) is 31.4 Å². The van der Waals surface area contributed by atoms with Gasteiger partial charge in [0.05, 0.1) is 17.3 Å². The largest absolute Gasteiger partial charge is 0.353 e. The van der Waals surface area contributed by atoms with E-state index in [2.05, 4.69) is 11.4 Å². The Morgan fingerprint density at radius 3 is 2.26 bits per heavy atom. The molecule has 1 saturated heterocycles. The Balaban J connectivity index is 1.34. The fourth-order valence-electron chi connectivity index (χ4n) is 5.54. The zero-order chi connectivity index (χ0) is 24.9. The SMILES string of the molecule is CN1C(=C(C#N)C(=O)CCC(=O)N2CCCC(C(=O)NC3CCCCC3)C2)N(C)c2ccccc21. The number of hydrogen-bond donors (Lipinski definition) is 1. The van der Waals surface area contributed by atoms with Crippen LogP contribution in [0, 0.1) is 17.2 Å². The van der Waals surface area contributed by atoms with Crippen molar-refractivity contribution in [2.75, 3.05) is 37.0 Å².